The number of sulfone groups is 1. The van der Waals surface area contributed by atoms with Crippen molar-refractivity contribution in [3.05, 3.63) is 30.1 Å². The molecular formula is C12H10N2O4S. The Bertz CT molecular complexity index is 812. The molecule has 0 aliphatic rings. The van der Waals surface area contributed by atoms with Crippen LogP contribution in [0.1, 0.15) is 12.6 Å². The zero-order valence-electron chi connectivity index (χ0n) is 9.99. The minimum absolute atomic E-state index is 0.0250. The minimum Gasteiger partial charge on any atom is -0.464 e. The van der Waals surface area contributed by atoms with Crippen LogP contribution in [0.25, 0.3) is 10.8 Å². The summed E-state index contributed by atoms with van der Waals surface area (Å²) >= 11 is 0. The molecule has 0 saturated carbocycles. The highest BCUT2D eigenvalue weighted by molar-refractivity contribution is 7.91. The summed E-state index contributed by atoms with van der Waals surface area (Å²) in [6.45, 7) is 1.53. The van der Waals surface area contributed by atoms with Crippen LogP contribution in [-0.2, 0) is 9.84 Å². The molecule has 1 aromatic heterocycles. The van der Waals surface area contributed by atoms with E-state index in [1.807, 2.05) is 0 Å². The minimum atomic E-state index is -3.36. The third kappa shape index (κ3) is 2.06. The standard InChI is InChI=1S/C12H10N2O4S/c1-2-19(17,18)9-3-4-10-8(5-9)7-14(12(15)16)11(10)6-13/h3-5,7H,2H2,1H3,(H,15,16). The molecule has 0 saturated heterocycles. The predicted octanol–water partition coefficient (Wildman–Crippen LogP) is 1.83. The Morgan fingerprint density at radius 3 is 2.68 bits per heavy atom. The van der Waals surface area contributed by atoms with E-state index in [1.54, 1.807) is 6.07 Å². The lowest BCUT2D eigenvalue weighted by Crippen LogP contribution is -2.08. The second-order valence-electron chi connectivity index (χ2n) is 3.89. The Labute approximate surface area is 109 Å². The number of nitriles is 1. The lowest BCUT2D eigenvalue weighted by atomic mass is 10.2. The highest BCUT2D eigenvalue weighted by atomic mass is 32.2. The van der Waals surface area contributed by atoms with E-state index in [-0.39, 0.29) is 16.3 Å². The Morgan fingerprint density at radius 1 is 1.47 bits per heavy atom. The summed E-state index contributed by atoms with van der Waals surface area (Å²) in [7, 11) is -3.36. The van der Waals surface area contributed by atoms with Gasteiger partial charge in [0.25, 0.3) is 0 Å². The molecule has 0 fully saturated rings. The van der Waals surface area contributed by atoms with E-state index in [0.29, 0.717) is 10.8 Å². The van der Waals surface area contributed by atoms with Gasteiger partial charge in [0.2, 0.25) is 0 Å². The van der Waals surface area contributed by atoms with Crippen LogP contribution in [0.2, 0.25) is 0 Å². The van der Waals surface area contributed by atoms with Crippen molar-refractivity contribution in [3.8, 4) is 6.07 Å². The molecule has 0 aliphatic heterocycles. The van der Waals surface area contributed by atoms with Crippen LogP contribution in [0.3, 0.4) is 0 Å². The third-order valence-corrected chi connectivity index (χ3v) is 4.57. The maximum absolute atomic E-state index is 11.8. The van der Waals surface area contributed by atoms with E-state index in [2.05, 4.69) is 0 Å². The van der Waals surface area contributed by atoms with Gasteiger partial charge in [-0.15, -0.1) is 0 Å². The van der Waals surface area contributed by atoms with Gasteiger partial charge in [0.05, 0.1) is 10.6 Å². The molecule has 0 aliphatic carbocycles. The van der Waals surface area contributed by atoms with Gasteiger partial charge in [-0.2, -0.15) is 5.26 Å². The Hall–Kier alpha value is -2.33. The number of carbonyl (C=O) groups is 1. The van der Waals surface area contributed by atoms with Gasteiger partial charge in [0.15, 0.2) is 9.84 Å². The number of benzene rings is 1. The average Bonchev–Trinajstić information content (AvgIpc) is 2.76. The lowest BCUT2D eigenvalue weighted by molar-refractivity contribution is 0.196. The number of fused-ring (bicyclic) bond motifs is 1. The second-order valence-corrected chi connectivity index (χ2v) is 6.17. The van der Waals surface area contributed by atoms with Crippen LogP contribution in [0, 0.1) is 11.3 Å². The van der Waals surface area contributed by atoms with Crippen molar-refractivity contribution in [1.82, 2.24) is 4.57 Å². The highest BCUT2D eigenvalue weighted by Crippen LogP contribution is 2.24. The molecule has 2 rings (SSSR count). The van der Waals surface area contributed by atoms with Crippen LogP contribution >= 0.6 is 0 Å². The average molecular weight is 278 g/mol. The first-order valence-corrected chi connectivity index (χ1v) is 7.07. The molecule has 0 unspecified atom stereocenters. The van der Waals surface area contributed by atoms with E-state index < -0.39 is 15.9 Å². The van der Waals surface area contributed by atoms with E-state index in [0.717, 1.165) is 4.57 Å². The molecule has 1 N–H and O–H groups in total. The number of hydrogen-bond acceptors (Lipinski definition) is 4. The number of rotatable bonds is 2. The van der Waals surface area contributed by atoms with Gasteiger partial charge in [0, 0.05) is 17.0 Å². The van der Waals surface area contributed by atoms with Gasteiger partial charge >= 0.3 is 6.09 Å². The largest absolute Gasteiger partial charge is 0.464 e. The smallest absolute Gasteiger partial charge is 0.416 e. The molecule has 6 nitrogen and oxygen atoms in total. The maximum atomic E-state index is 11.8. The van der Waals surface area contributed by atoms with Gasteiger partial charge in [-0.3, -0.25) is 0 Å². The molecule has 0 bridgehead atoms. The van der Waals surface area contributed by atoms with Gasteiger partial charge in [-0.25, -0.2) is 17.8 Å². The molecule has 19 heavy (non-hydrogen) atoms. The quantitative estimate of drug-likeness (QED) is 0.903. The van der Waals surface area contributed by atoms with Gasteiger partial charge in [-0.05, 0) is 12.1 Å². The zero-order chi connectivity index (χ0) is 14.2. The van der Waals surface area contributed by atoms with Crippen molar-refractivity contribution < 1.29 is 18.3 Å². The van der Waals surface area contributed by atoms with Crippen molar-refractivity contribution >= 4 is 26.7 Å². The Kier molecular flexibility index (Phi) is 3.04. The normalized spacial score (nSPS) is 11.4. The Morgan fingerprint density at radius 2 is 2.16 bits per heavy atom. The lowest BCUT2D eigenvalue weighted by Gasteiger charge is -2.00. The summed E-state index contributed by atoms with van der Waals surface area (Å²) in [6, 6.07) is 6.03. The first-order chi connectivity index (χ1) is 8.90. The van der Waals surface area contributed by atoms with E-state index in [9.17, 15) is 13.2 Å². The molecule has 98 valence electrons. The fourth-order valence-electron chi connectivity index (χ4n) is 1.82. The summed E-state index contributed by atoms with van der Waals surface area (Å²) in [5.74, 6) is -0.0384. The molecule has 0 amide bonds. The number of nitrogens with zero attached hydrogens (tertiary/aromatic N) is 2. The fourth-order valence-corrected chi connectivity index (χ4v) is 2.74. The molecule has 7 heteroatoms. The summed E-state index contributed by atoms with van der Waals surface area (Å²) in [5.41, 5.74) is -0.0250. The third-order valence-electron chi connectivity index (χ3n) is 2.84. The summed E-state index contributed by atoms with van der Waals surface area (Å²) in [5, 5.41) is 18.8. The monoisotopic (exact) mass is 278 g/mol. The first-order valence-electron chi connectivity index (χ1n) is 5.42. The maximum Gasteiger partial charge on any atom is 0.416 e. The second kappa shape index (κ2) is 4.40. The van der Waals surface area contributed by atoms with Gasteiger partial charge in [0.1, 0.15) is 11.8 Å². The summed E-state index contributed by atoms with van der Waals surface area (Å²) in [6.07, 6.45) is -0.0436. The van der Waals surface area contributed by atoms with Crippen molar-refractivity contribution in [1.29, 1.82) is 5.26 Å². The SMILES string of the molecule is CCS(=O)(=O)c1ccc2c(C#N)n(C(=O)O)cc2c1. The van der Waals surface area contributed by atoms with E-state index >= 15 is 0 Å². The first kappa shape index (κ1) is 13.1. The Balaban J connectivity index is 2.77. The molecule has 0 spiro atoms. The molecule has 0 radical (unpaired) electrons. The zero-order valence-corrected chi connectivity index (χ0v) is 10.8. The number of hydrogen-bond donors (Lipinski definition) is 1. The number of carboxylic acid groups (broad SMARTS) is 1. The highest BCUT2D eigenvalue weighted by Gasteiger charge is 2.17. The van der Waals surface area contributed by atoms with E-state index in [1.165, 1.54) is 31.3 Å². The topological polar surface area (TPSA) is 100 Å². The summed E-state index contributed by atoms with van der Waals surface area (Å²) in [4.78, 5) is 11.1. The van der Waals surface area contributed by atoms with E-state index in [4.69, 9.17) is 10.4 Å². The van der Waals surface area contributed by atoms with Crippen LogP contribution in [0.15, 0.2) is 29.3 Å². The molecule has 1 aromatic carbocycles. The molecule has 1 heterocycles. The van der Waals surface area contributed by atoms with Crippen molar-refractivity contribution in [2.45, 2.75) is 11.8 Å². The van der Waals surface area contributed by atoms with Crippen LogP contribution in [0.5, 0.6) is 0 Å². The van der Waals surface area contributed by atoms with Crippen LogP contribution in [-0.4, -0.2) is 29.9 Å². The van der Waals surface area contributed by atoms with Crippen molar-refractivity contribution in [3.63, 3.8) is 0 Å². The van der Waals surface area contributed by atoms with Crippen LogP contribution in [0.4, 0.5) is 4.79 Å². The van der Waals surface area contributed by atoms with Gasteiger partial charge in [-0.1, -0.05) is 13.0 Å². The van der Waals surface area contributed by atoms with Crippen LogP contribution < -0.4 is 0 Å². The molecule has 0 atom stereocenters. The molecular weight excluding hydrogens is 268 g/mol. The predicted molar refractivity (Wildman–Crippen MR) is 67.8 cm³/mol. The van der Waals surface area contributed by atoms with Crippen molar-refractivity contribution in [2.75, 3.05) is 5.75 Å². The summed E-state index contributed by atoms with van der Waals surface area (Å²) < 4.78 is 24.3. The molecule has 2 aromatic rings. The van der Waals surface area contributed by atoms with Crippen molar-refractivity contribution in [2.24, 2.45) is 0 Å². The number of aromatic nitrogens is 1. The van der Waals surface area contributed by atoms with Gasteiger partial charge < -0.3 is 5.11 Å². The fraction of sp³-hybridized carbons (Fsp3) is 0.167.